The van der Waals surface area contributed by atoms with Gasteiger partial charge in [-0.2, -0.15) is 0 Å². The minimum absolute atomic E-state index is 0.0947. The number of carbonyl (C=O) groups excluding carboxylic acids is 4. The van der Waals surface area contributed by atoms with Crippen molar-refractivity contribution in [2.45, 2.75) is 35.1 Å². The van der Waals surface area contributed by atoms with E-state index in [0.29, 0.717) is 11.3 Å². The van der Waals surface area contributed by atoms with Crippen molar-refractivity contribution in [3.63, 3.8) is 0 Å². The number of fused-ring (bicyclic) bond motifs is 4. The Balaban J connectivity index is 1.31. The van der Waals surface area contributed by atoms with Crippen molar-refractivity contribution >= 4 is 74.4 Å². The van der Waals surface area contributed by atoms with Crippen molar-refractivity contribution in [2.75, 3.05) is 10.4 Å². The second-order valence-electron chi connectivity index (χ2n) is 12.3. The van der Waals surface area contributed by atoms with Gasteiger partial charge in [0.2, 0.25) is 11.8 Å². The summed E-state index contributed by atoms with van der Waals surface area (Å²) in [5.41, 5.74) is 1.46. The Bertz CT molecular complexity index is 1940. The van der Waals surface area contributed by atoms with Crippen molar-refractivity contribution < 1.29 is 38.9 Å². The van der Waals surface area contributed by atoms with Gasteiger partial charge in [0.25, 0.3) is 11.8 Å². The lowest BCUT2D eigenvalue weighted by Crippen LogP contribution is -2.60. The Hall–Kier alpha value is -4.19. The minimum Gasteiger partial charge on any atom is -0.508 e. The summed E-state index contributed by atoms with van der Waals surface area (Å²) in [5.74, 6) is -7.51. The summed E-state index contributed by atoms with van der Waals surface area (Å²) < 4.78 is 5.89. The highest BCUT2D eigenvalue weighted by molar-refractivity contribution is 9.09. The number of benzene rings is 3. The number of allylic oxidation sites excluding steroid dienone is 2. The van der Waals surface area contributed by atoms with E-state index in [1.54, 1.807) is 18.2 Å². The first-order valence-electron chi connectivity index (χ1n) is 15.1. The van der Waals surface area contributed by atoms with E-state index in [4.69, 9.17) is 27.9 Å². The van der Waals surface area contributed by atoms with E-state index in [0.717, 1.165) is 15.4 Å². The van der Waals surface area contributed by atoms with Crippen LogP contribution in [0.1, 0.15) is 40.2 Å². The quantitative estimate of drug-likeness (QED) is 0.138. The molecule has 3 fully saturated rings. The fraction of sp³-hybridized carbons (Fsp3) is 0.286. The molecule has 0 aromatic heterocycles. The van der Waals surface area contributed by atoms with E-state index in [1.165, 1.54) is 30.3 Å². The van der Waals surface area contributed by atoms with Crippen molar-refractivity contribution in [1.82, 2.24) is 4.90 Å². The molecule has 13 heteroatoms. The molecule has 0 radical (unpaired) electrons. The molecule has 4 amide bonds. The third-order valence-corrected chi connectivity index (χ3v) is 11.8. The number of phenolic OH excluding ortho intramolecular Hbond substituents is 1. The second kappa shape index (κ2) is 11.7. The summed E-state index contributed by atoms with van der Waals surface area (Å²) in [6.45, 7) is 0.235. The molecule has 2 N–H and O–H groups in total. The molecule has 3 aromatic carbocycles. The van der Waals surface area contributed by atoms with Crippen molar-refractivity contribution in [3.8, 4) is 11.5 Å². The molecule has 246 valence electrons. The van der Waals surface area contributed by atoms with Crippen LogP contribution in [0.5, 0.6) is 11.5 Å². The van der Waals surface area contributed by atoms with Gasteiger partial charge in [-0.3, -0.25) is 29.0 Å². The first kappa shape index (κ1) is 32.4. The van der Waals surface area contributed by atoms with Crippen LogP contribution in [0.25, 0.3) is 0 Å². The number of amides is 4. The van der Waals surface area contributed by atoms with Gasteiger partial charge in [0.15, 0.2) is 9.75 Å². The Labute approximate surface area is 293 Å². The number of ether oxygens (including phenoxy) is 1. The van der Waals surface area contributed by atoms with Gasteiger partial charge >= 0.3 is 5.97 Å². The maximum atomic E-state index is 14.2. The van der Waals surface area contributed by atoms with E-state index in [-0.39, 0.29) is 47.5 Å². The van der Waals surface area contributed by atoms with Crippen LogP contribution in [0.15, 0.2) is 84.4 Å². The minimum atomic E-state index is -2.08. The van der Waals surface area contributed by atoms with Crippen LogP contribution >= 0.6 is 39.1 Å². The van der Waals surface area contributed by atoms with Gasteiger partial charge in [0.05, 0.1) is 28.5 Å². The molecule has 4 aliphatic rings. The number of phenols is 1. The molecule has 6 atom stereocenters. The number of aromatic hydroxyl groups is 1. The molecule has 2 saturated heterocycles. The van der Waals surface area contributed by atoms with Gasteiger partial charge in [-0.05, 0) is 48.6 Å². The topological polar surface area (TPSA) is 142 Å². The van der Waals surface area contributed by atoms with Crippen LogP contribution in [0, 0.1) is 17.8 Å². The number of hydrogen-bond acceptors (Lipinski definition) is 7. The number of carboxylic acids is 1. The molecule has 3 aromatic rings. The van der Waals surface area contributed by atoms with Gasteiger partial charge in [-0.15, -0.1) is 23.2 Å². The number of rotatable bonds is 7. The van der Waals surface area contributed by atoms with Crippen LogP contribution in [-0.4, -0.2) is 59.9 Å². The average molecular weight is 754 g/mol. The van der Waals surface area contributed by atoms with E-state index >= 15 is 0 Å². The monoisotopic (exact) mass is 752 g/mol. The predicted molar refractivity (Wildman–Crippen MR) is 178 cm³/mol. The second-order valence-corrected chi connectivity index (χ2v) is 14.1. The highest BCUT2D eigenvalue weighted by atomic mass is 79.9. The Morgan fingerprint density at radius 3 is 2.38 bits per heavy atom. The number of hydrogen-bond donors (Lipinski definition) is 2. The van der Waals surface area contributed by atoms with E-state index in [9.17, 15) is 34.2 Å². The summed E-state index contributed by atoms with van der Waals surface area (Å²) in [7, 11) is 0. The summed E-state index contributed by atoms with van der Waals surface area (Å²) in [4.78, 5) is 65.3. The smallest absolute Gasteiger partial charge is 0.335 e. The normalized spacial score (nSPS) is 29.4. The molecule has 0 bridgehead atoms. The number of alkyl halides is 3. The molecular formula is C35H27BrCl2N2O8. The number of nitrogens with zero attached hydrogens (tertiary/aromatic N) is 2. The molecule has 7 rings (SSSR count). The summed E-state index contributed by atoms with van der Waals surface area (Å²) in [6.07, 6.45) is 1.64. The highest BCUT2D eigenvalue weighted by Crippen LogP contribution is 2.66. The highest BCUT2D eigenvalue weighted by Gasteiger charge is 2.76. The fourth-order valence-corrected chi connectivity index (χ4v) is 9.15. The lowest BCUT2D eigenvalue weighted by molar-refractivity contribution is -0.138. The number of halogens is 3. The van der Waals surface area contributed by atoms with Gasteiger partial charge in [-0.1, -0.05) is 70.0 Å². The Morgan fingerprint density at radius 2 is 1.69 bits per heavy atom. The fourth-order valence-electron chi connectivity index (χ4n) is 7.73. The molecule has 0 spiro atoms. The van der Waals surface area contributed by atoms with Gasteiger partial charge < -0.3 is 14.9 Å². The third kappa shape index (κ3) is 4.62. The van der Waals surface area contributed by atoms with Crippen molar-refractivity contribution in [1.29, 1.82) is 0 Å². The molecule has 2 aliphatic carbocycles. The molecule has 48 heavy (non-hydrogen) atoms. The lowest BCUT2D eigenvalue weighted by Gasteiger charge is -2.50. The maximum Gasteiger partial charge on any atom is 0.335 e. The molecule has 2 heterocycles. The Morgan fingerprint density at radius 1 is 0.938 bits per heavy atom. The summed E-state index contributed by atoms with van der Waals surface area (Å²) in [5, 5.41) is 21.0. The first-order valence-corrected chi connectivity index (χ1v) is 17.0. The number of anilines is 1. The summed E-state index contributed by atoms with van der Waals surface area (Å²) >= 11 is 17.7. The van der Waals surface area contributed by atoms with Crippen LogP contribution in [0.4, 0.5) is 5.69 Å². The van der Waals surface area contributed by atoms with Gasteiger partial charge in [0.1, 0.15) is 18.1 Å². The molecule has 2 aliphatic heterocycles. The zero-order chi connectivity index (χ0) is 34.1. The molecule has 6 unspecified atom stereocenters. The maximum absolute atomic E-state index is 14.2. The van der Waals surface area contributed by atoms with Crippen molar-refractivity contribution in [3.05, 3.63) is 101 Å². The Kier molecular flexibility index (Phi) is 7.92. The molecule has 10 nitrogen and oxygen atoms in total. The largest absolute Gasteiger partial charge is 0.508 e. The zero-order valence-corrected chi connectivity index (χ0v) is 28.1. The predicted octanol–water partition coefficient (Wildman–Crippen LogP) is 5.59. The van der Waals surface area contributed by atoms with Crippen molar-refractivity contribution in [2.24, 2.45) is 17.8 Å². The number of imide groups is 2. The molecule has 1 saturated carbocycles. The zero-order valence-electron chi connectivity index (χ0n) is 25.0. The van der Waals surface area contributed by atoms with Crippen LogP contribution in [-0.2, 0) is 25.8 Å². The average Bonchev–Trinajstić information content (AvgIpc) is 3.42. The summed E-state index contributed by atoms with van der Waals surface area (Å²) in [6, 6.07) is 19.6. The van der Waals surface area contributed by atoms with Crippen LogP contribution < -0.4 is 9.64 Å². The van der Waals surface area contributed by atoms with E-state index < -0.39 is 63.0 Å². The number of carbonyl (C=O) groups is 5. The number of carboxylic acid groups (broad SMARTS) is 1. The third-order valence-electron chi connectivity index (χ3n) is 9.93. The van der Waals surface area contributed by atoms with Crippen LogP contribution in [0.2, 0.25) is 0 Å². The number of likely N-dealkylation sites (tertiary alicyclic amines) is 1. The SMILES string of the molecule is O=C(O)c1cccc(N2C(=O)C3CC=C4C(CC5(Cl)C(=O)N(CBr)C(=O)C5(Cl)C4c4ccc(OCc5ccccc5)cc4O)C3C2=O)c1. The van der Waals surface area contributed by atoms with E-state index in [1.807, 2.05) is 30.3 Å². The lowest BCUT2D eigenvalue weighted by atomic mass is 9.56. The first-order chi connectivity index (χ1) is 22.9. The van der Waals surface area contributed by atoms with Gasteiger partial charge in [0, 0.05) is 17.5 Å². The molecular weight excluding hydrogens is 727 g/mol. The van der Waals surface area contributed by atoms with Crippen LogP contribution in [0.3, 0.4) is 0 Å². The van der Waals surface area contributed by atoms with Gasteiger partial charge in [-0.25, -0.2) is 4.79 Å². The number of aromatic carboxylic acids is 1. The standard InChI is InChI=1S/C35H27BrCl2N2O8/c36-17-39-32(46)34(37)15-25-22(11-12-24-27(25)30(43)40(29(24)42)20-8-4-7-19(13-20)31(44)45)28(35(34,38)33(39)47)23-10-9-21(14-26(23)41)48-16-18-5-2-1-3-6-18/h1-11,13-14,24-25,27-28,41H,12,15-17H2,(H,44,45). The van der Waals surface area contributed by atoms with E-state index in [2.05, 4.69) is 15.9 Å².